The third-order valence-corrected chi connectivity index (χ3v) is 6.29. The fourth-order valence-electron chi connectivity index (χ4n) is 3.54. The van der Waals surface area contributed by atoms with E-state index in [9.17, 15) is 9.59 Å². The van der Waals surface area contributed by atoms with Gasteiger partial charge in [-0.1, -0.05) is 30.1 Å². The van der Waals surface area contributed by atoms with Gasteiger partial charge in [-0.15, -0.1) is 0 Å². The van der Waals surface area contributed by atoms with Gasteiger partial charge in [0.25, 0.3) is 5.91 Å². The molecule has 2 amide bonds. The molecule has 0 saturated carbocycles. The first-order valence-electron chi connectivity index (χ1n) is 10.2. The van der Waals surface area contributed by atoms with Crippen molar-refractivity contribution in [2.45, 2.75) is 38.6 Å². The minimum Gasteiger partial charge on any atom is -0.354 e. The van der Waals surface area contributed by atoms with Gasteiger partial charge in [0.2, 0.25) is 5.91 Å². The average Bonchev–Trinajstić information content (AvgIpc) is 2.68. The number of halogens is 2. The van der Waals surface area contributed by atoms with E-state index in [1.807, 2.05) is 6.26 Å². The Hall–Kier alpha value is -0.950. The highest BCUT2D eigenvalue weighted by atomic mass is 35.5. The molecule has 1 aliphatic heterocycles. The van der Waals surface area contributed by atoms with Crippen molar-refractivity contribution in [3.05, 3.63) is 33.8 Å². The molecule has 1 aromatic rings. The van der Waals surface area contributed by atoms with E-state index in [2.05, 4.69) is 22.5 Å². The molecule has 2 unspecified atom stereocenters. The molecule has 2 rings (SSSR count). The first-order valence-corrected chi connectivity index (χ1v) is 12.3. The van der Waals surface area contributed by atoms with Crippen LogP contribution in [0.5, 0.6) is 0 Å². The van der Waals surface area contributed by atoms with E-state index in [4.69, 9.17) is 23.2 Å². The monoisotopic (exact) mass is 459 g/mol. The molecule has 162 valence electrons. The largest absolute Gasteiger partial charge is 0.354 e. The van der Waals surface area contributed by atoms with Gasteiger partial charge >= 0.3 is 0 Å². The highest BCUT2D eigenvalue weighted by Crippen LogP contribution is 2.21. The summed E-state index contributed by atoms with van der Waals surface area (Å²) < 4.78 is 0. The lowest BCUT2D eigenvalue weighted by Crippen LogP contribution is -2.47. The minimum atomic E-state index is -0.586. The van der Waals surface area contributed by atoms with Crippen molar-refractivity contribution in [2.24, 2.45) is 5.92 Å². The number of nitrogens with one attached hydrogen (secondary N) is 2. The molecule has 2 atom stereocenters. The zero-order valence-electron chi connectivity index (χ0n) is 17.2. The number of hydrogen-bond donors (Lipinski definition) is 2. The molecular weight excluding hydrogens is 429 g/mol. The molecule has 0 radical (unpaired) electrons. The van der Waals surface area contributed by atoms with Crippen LogP contribution in [-0.2, 0) is 4.79 Å². The van der Waals surface area contributed by atoms with Gasteiger partial charge < -0.3 is 15.5 Å². The smallest absolute Gasteiger partial charge is 0.253 e. The molecule has 0 bridgehead atoms. The van der Waals surface area contributed by atoms with Crippen molar-refractivity contribution in [1.82, 2.24) is 15.5 Å². The van der Waals surface area contributed by atoms with Crippen molar-refractivity contribution < 1.29 is 9.59 Å². The van der Waals surface area contributed by atoms with E-state index in [-0.39, 0.29) is 16.8 Å². The molecule has 0 aromatic heterocycles. The number of benzene rings is 1. The Morgan fingerprint density at radius 2 is 2.14 bits per heavy atom. The van der Waals surface area contributed by atoms with Gasteiger partial charge in [0, 0.05) is 18.1 Å². The summed E-state index contributed by atoms with van der Waals surface area (Å²) in [5.41, 5.74) is 0.317. The van der Waals surface area contributed by atoms with Crippen LogP contribution in [0.4, 0.5) is 0 Å². The fourth-order valence-corrected chi connectivity index (χ4v) is 4.51. The van der Waals surface area contributed by atoms with Gasteiger partial charge in [-0.3, -0.25) is 9.59 Å². The lowest BCUT2D eigenvalue weighted by atomic mass is 10.0. The summed E-state index contributed by atoms with van der Waals surface area (Å²) in [6.45, 7) is 6.18. The predicted molar refractivity (Wildman–Crippen MR) is 123 cm³/mol. The molecule has 1 fully saturated rings. The Kier molecular flexibility index (Phi) is 10.6. The number of piperidine rings is 1. The second kappa shape index (κ2) is 12.7. The summed E-state index contributed by atoms with van der Waals surface area (Å²) in [7, 11) is 0. The number of carbonyl (C=O) groups is 2. The summed E-state index contributed by atoms with van der Waals surface area (Å²) in [4.78, 5) is 27.7. The van der Waals surface area contributed by atoms with Crippen molar-refractivity contribution in [1.29, 1.82) is 0 Å². The fraction of sp³-hybridized carbons (Fsp3) is 0.619. The SMILES string of the molecule is CSCCC(NC(=O)c1ccc(Cl)cc1Cl)C(=O)NCCCN1CCCC(C)C1. The van der Waals surface area contributed by atoms with Crippen LogP contribution in [0.25, 0.3) is 0 Å². The highest BCUT2D eigenvalue weighted by molar-refractivity contribution is 7.98. The summed E-state index contributed by atoms with van der Waals surface area (Å²) in [5, 5.41) is 6.54. The topological polar surface area (TPSA) is 61.4 Å². The van der Waals surface area contributed by atoms with Crippen LogP contribution in [0, 0.1) is 5.92 Å². The maximum absolute atomic E-state index is 12.7. The van der Waals surface area contributed by atoms with Crippen LogP contribution < -0.4 is 10.6 Å². The van der Waals surface area contributed by atoms with Crippen LogP contribution >= 0.6 is 35.0 Å². The van der Waals surface area contributed by atoms with Crippen molar-refractivity contribution >= 4 is 46.8 Å². The molecule has 0 aliphatic carbocycles. The Bertz CT molecular complexity index is 690. The van der Waals surface area contributed by atoms with E-state index < -0.39 is 6.04 Å². The van der Waals surface area contributed by atoms with Gasteiger partial charge in [-0.2, -0.15) is 11.8 Å². The predicted octanol–water partition coefficient (Wildman–Crippen LogP) is 4.08. The van der Waals surface area contributed by atoms with Crippen LogP contribution in [-0.4, -0.2) is 60.9 Å². The maximum atomic E-state index is 12.7. The molecular formula is C21H31Cl2N3O2S. The molecule has 1 saturated heterocycles. The zero-order valence-corrected chi connectivity index (χ0v) is 19.5. The number of hydrogen-bond acceptors (Lipinski definition) is 4. The molecule has 8 heteroatoms. The average molecular weight is 460 g/mol. The van der Waals surface area contributed by atoms with Crippen molar-refractivity contribution in [3.63, 3.8) is 0 Å². The van der Waals surface area contributed by atoms with Crippen molar-refractivity contribution in [2.75, 3.05) is 38.2 Å². The summed E-state index contributed by atoms with van der Waals surface area (Å²) >= 11 is 13.7. The second-order valence-corrected chi connectivity index (χ2v) is 9.45. The van der Waals surface area contributed by atoms with E-state index >= 15 is 0 Å². The molecule has 29 heavy (non-hydrogen) atoms. The Balaban J connectivity index is 1.84. The van der Waals surface area contributed by atoms with Gasteiger partial charge in [0.1, 0.15) is 6.04 Å². The number of amides is 2. The third kappa shape index (κ3) is 8.36. The molecule has 1 heterocycles. The van der Waals surface area contributed by atoms with Crippen LogP contribution in [0.1, 0.15) is 43.0 Å². The normalized spacial score (nSPS) is 18.3. The maximum Gasteiger partial charge on any atom is 0.253 e. The molecule has 1 aromatic carbocycles. The number of nitrogens with zero attached hydrogens (tertiary/aromatic N) is 1. The van der Waals surface area contributed by atoms with Crippen LogP contribution in [0.2, 0.25) is 10.0 Å². The van der Waals surface area contributed by atoms with Gasteiger partial charge in [-0.05, 0) is 74.9 Å². The van der Waals surface area contributed by atoms with Gasteiger partial charge in [0.15, 0.2) is 0 Å². The lowest BCUT2D eigenvalue weighted by molar-refractivity contribution is -0.123. The molecule has 2 N–H and O–H groups in total. The summed E-state index contributed by atoms with van der Waals surface area (Å²) in [6, 6.07) is 4.12. The van der Waals surface area contributed by atoms with Crippen LogP contribution in [0.3, 0.4) is 0 Å². The first kappa shape index (κ1) is 24.3. The van der Waals surface area contributed by atoms with E-state index in [1.165, 1.54) is 18.9 Å². The van der Waals surface area contributed by atoms with Gasteiger partial charge in [0.05, 0.1) is 10.6 Å². The van der Waals surface area contributed by atoms with E-state index in [0.717, 1.165) is 37.7 Å². The minimum absolute atomic E-state index is 0.149. The molecule has 0 spiro atoms. The number of thioether (sulfide) groups is 1. The Labute approximate surface area is 188 Å². The second-order valence-electron chi connectivity index (χ2n) is 7.62. The lowest BCUT2D eigenvalue weighted by Gasteiger charge is -2.30. The highest BCUT2D eigenvalue weighted by Gasteiger charge is 2.22. The Morgan fingerprint density at radius 1 is 1.34 bits per heavy atom. The van der Waals surface area contributed by atoms with Gasteiger partial charge in [-0.25, -0.2) is 0 Å². The number of likely N-dealkylation sites (tertiary alicyclic amines) is 1. The molecule has 5 nitrogen and oxygen atoms in total. The van der Waals surface area contributed by atoms with E-state index in [1.54, 1.807) is 23.9 Å². The first-order chi connectivity index (χ1) is 13.9. The zero-order chi connectivity index (χ0) is 21.2. The summed E-state index contributed by atoms with van der Waals surface area (Å²) in [5.74, 6) is 1.02. The number of rotatable bonds is 10. The third-order valence-electron chi connectivity index (χ3n) is 5.10. The van der Waals surface area contributed by atoms with Crippen molar-refractivity contribution in [3.8, 4) is 0 Å². The van der Waals surface area contributed by atoms with Crippen LogP contribution in [0.15, 0.2) is 18.2 Å². The standard InChI is InChI=1S/C21H31Cl2N3O2S/c1-15-5-3-10-26(14-15)11-4-9-24-21(28)19(8-12-29-2)25-20(27)17-7-6-16(22)13-18(17)23/h6-7,13,15,19H,3-5,8-12,14H2,1-2H3,(H,24,28)(H,25,27). The number of carbonyl (C=O) groups excluding carboxylic acids is 2. The van der Waals surface area contributed by atoms with E-state index in [0.29, 0.717) is 23.6 Å². The summed E-state index contributed by atoms with van der Waals surface area (Å²) in [6.07, 6.45) is 6.01. The Morgan fingerprint density at radius 3 is 2.83 bits per heavy atom. The molecule has 1 aliphatic rings. The quantitative estimate of drug-likeness (QED) is 0.517.